The second kappa shape index (κ2) is 20.4. The van der Waals surface area contributed by atoms with Crippen LogP contribution >= 0.6 is 0 Å². The van der Waals surface area contributed by atoms with Gasteiger partial charge in [0.1, 0.15) is 24.4 Å². The van der Waals surface area contributed by atoms with Gasteiger partial charge in [-0.15, -0.1) is 0 Å². The Hall–Kier alpha value is -0.200. The second-order valence-electron chi connectivity index (χ2n) is 9.51. The number of hydrogen-bond acceptors (Lipinski definition) is 5. The zero-order chi connectivity index (χ0) is 22.6. The Kier molecular flexibility index (Phi) is 19.0. The molecule has 31 heavy (non-hydrogen) atoms. The topological polar surface area (TPSA) is 79.2 Å². The van der Waals surface area contributed by atoms with Crippen LogP contribution in [0.3, 0.4) is 0 Å². The Labute approximate surface area is 191 Å². The van der Waals surface area contributed by atoms with Gasteiger partial charge in [-0.25, -0.2) is 0 Å². The summed E-state index contributed by atoms with van der Waals surface area (Å²) in [7, 11) is 0. The number of aliphatic hydroxyl groups excluding tert-OH is 3. The van der Waals surface area contributed by atoms with Gasteiger partial charge in [0.25, 0.3) is 0 Å². The minimum absolute atomic E-state index is 0.0471. The lowest BCUT2D eigenvalue weighted by Gasteiger charge is -2.35. The summed E-state index contributed by atoms with van der Waals surface area (Å²) in [4.78, 5) is 0. The number of aliphatic hydroxyl groups is 3. The van der Waals surface area contributed by atoms with E-state index < -0.39 is 24.4 Å². The van der Waals surface area contributed by atoms with Crippen LogP contribution in [0.25, 0.3) is 0 Å². The Morgan fingerprint density at radius 3 is 1.48 bits per heavy atom. The third kappa shape index (κ3) is 15.3. The summed E-state index contributed by atoms with van der Waals surface area (Å²) in [5, 5.41) is 28.9. The van der Waals surface area contributed by atoms with Crippen molar-refractivity contribution in [3.63, 3.8) is 0 Å². The summed E-state index contributed by atoms with van der Waals surface area (Å²) in [6.45, 7) is 3.25. The van der Waals surface area contributed by atoms with E-state index in [0.29, 0.717) is 6.61 Å². The Balaban J connectivity index is 1.73. The molecule has 4 atom stereocenters. The fourth-order valence-electron chi connectivity index (χ4n) is 4.32. The van der Waals surface area contributed by atoms with Crippen LogP contribution in [0.5, 0.6) is 0 Å². The van der Waals surface area contributed by atoms with Crippen LogP contribution in [0.4, 0.5) is 0 Å². The van der Waals surface area contributed by atoms with Gasteiger partial charge in [-0.1, -0.05) is 116 Å². The number of ether oxygens (including phenoxy) is 2. The van der Waals surface area contributed by atoms with Gasteiger partial charge in [0, 0.05) is 6.61 Å². The standard InChI is InChI=1S/C26H52O5/c1-2-3-4-5-6-7-8-9-10-11-12-13-14-15-16-17-18-19-20-30-22-24-26(29)25(28)23(27)21-31-24/h23-29H,2-22H2,1H3/t23-,24+,25+,26+/m1/s1. The van der Waals surface area contributed by atoms with Crippen LogP contribution in [-0.2, 0) is 9.47 Å². The van der Waals surface area contributed by atoms with Crippen molar-refractivity contribution in [2.45, 2.75) is 147 Å². The molecule has 1 saturated heterocycles. The summed E-state index contributed by atoms with van der Waals surface area (Å²) >= 11 is 0. The molecule has 5 heteroatoms. The SMILES string of the molecule is CCCCCCCCCCCCCCCCCCCCOC[C@@H]1OC[C@@H](O)[C@H](O)[C@H]1O. The molecule has 0 aromatic carbocycles. The normalized spacial score (nSPS) is 24.0. The molecule has 1 heterocycles. The highest BCUT2D eigenvalue weighted by atomic mass is 16.6. The van der Waals surface area contributed by atoms with Gasteiger partial charge in [-0.2, -0.15) is 0 Å². The lowest BCUT2D eigenvalue weighted by molar-refractivity contribution is -0.199. The van der Waals surface area contributed by atoms with Gasteiger partial charge in [-0.3, -0.25) is 0 Å². The average Bonchev–Trinajstić information content (AvgIpc) is 2.77. The summed E-state index contributed by atoms with van der Waals surface area (Å²) in [5.41, 5.74) is 0. The van der Waals surface area contributed by atoms with Crippen molar-refractivity contribution in [2.75, 3.05) is 19.8 Å². The van der Waals surface area contributed by atoms with Crippen LogP contribution in [-0.4, -0.2) is 59.6 Å². The van der Waals surface area contributed by atoms with Crippen molar-refractivity contribution >= 4 is 0 Å². The van der Waals surface area contributed by atoms with Crippen LogP contribution in [0.1, 0.15) is 122 Å². The van der Waals surface area contributed by atoms with E-state index in [1.165, 1.54) is 109 Å². The van der Waals surface area contributed by atoms with Crippen LogP contribution in [0.2, 0.25) is 0 Å². The fourth-order valence-corrected chi connectivity index (χ4v) is 4.32. The van der Waals surface area contributed by atoms with E-state index in [9.17, 15) is 15.3 Å². The molecule has 1 aliphatic heterocycles. The molecule has 0 aliphatic carbocycles. The second-order valence-corrected chi connectivity index (χ2v) is 9.51. The van der Waals surface area contributed by atoms with E-state index in [2.05, 4.69) is 6.92 Å². The summed E-state index contributed by atoms with van der Waals surface area (Å²) in [6.07, 6.45) is 20.7. The van der Waals surface area contributed by atoms with Crippen molar-refractivity contribution in [2.24, 2.45) is 0 Å². The lowest BCUT2D eigenvalue weighted by Crippen LogP contribution is -2.54. The van der Waals surface area contributed by atoms with Crippen molar-refractivity contribution in [3.05, 3.63) is 0 Å². The molecule has 3 N–H and O–H groups in total. The first kappa shape index (κ1) is 28.8. The van der Waals surface area contributed by atoms with Gasteiger partial charge in [0.2, 0.25) is 0 Å². The van der Waals surface area contributed by atoms with Crippen molar-refractivity contribution in [3.8, 4) is 0 Å². The molecule has 0 saturated carbocycles. The molecule has 0 aromatic heterocycles. The van der Waals surface area contributed by atoms with E-state index in [4.69, 9.17) is 9.47 Å². The molecule has 0 aromatic rings. The molecule has 1 rings (SSSR count). The molecule has 0 bridgehead atoms. The molecule has 186 valence electrons. The predicted molar refractivity (Wildman–Crippen MR) is 127 cm³/mol. The first-order valence-electron chi connectivity index (χ1n) is 13.4. The molecule has 1 fully saturated rings. The van der Waals surface area contributed by atoms with Crippen LogP contribution in [0, 0.1) is 0 Å². The maximum atomic E-state index is 9.85. The monoisotopic (exact) mass is 444 g/mol. The first-order chi connectivity index (χ1) is 15.2. The maximum absolute atomic E-state index is 9.85. The zero-order valence-corrected chi connectivity index (χ0v) is 20.3. The maximum Gasteiger partial charge on any atom is 0.111 e. The number of hydrogen-bond donors (Lipinski definition) is 3. The number of rotatable bonds is 21. The van der Waals surface area contributed by atoms with Gasteiger partial charge in [-0.05, 0) is 6.42 Å². The molecule has 5 nitrogen and oxygen atoms in total. The third-order valence-electron chi connectivity index (χ3n) is 6.53. The van der Waals surface area contributed by atoms with Gasteiger partial charge >= 0.3 is 0 Å². The lowest BCUT2D eigenvalue weighted by atomic mass is 10.0. The summed E-state index contributed by atoms with van der Waals surface area (Å²) in [5.74, 6) is 0. The van der Waals surface area contributed by atoms with E-state index in [-0.39, 0.29) is 13.2 Å². The molecule has 0 radical (unpaired) electrons. The van der Waals surface area contributed by atoms with E-state index in [0.717, 1.165) is 6.42 Å². The van der Waals surface area contributed by atoms with Gasteiger partial charge in [0.15, 0.2) is 0 Å². The quantitative estimate of drug-likeness (QED) is 0.203. The Bertz CT molecular complexity index is 379. The fraction of sp³-hybridized carbons (Fsp3) is 1.00. The molecule has 0 spiro atoms. The zero-order valence-electron chi connectivity index (χ0n) is 20.3. The molecular weight excluding hydrogens is 392 g/mol. The molecule has 0 unspecified atom stereocenters. The predicted octanol–water partition coefficient (Wildman–Crippen LogP) is 5.53. The first-order valence-corrected chi connectivity index (χ1v) is 13.4. The Morgan fingerprint density at radius 1 is 0.613 bits per heavy atom. The molecular formula is C26H52O5. The van der Waals surface area contributed by atoms with E-state index >= 15 is 0 Å². The average molecular weight is 445 g/mol. The third-order valence-corrected chi connectivity index (χ3v) is 6.53. The van der Waals surface area contributed by atoms with Crippen molar-refractivity contribution < 1.29 is 24.8 Å². The van der Waals surface area contributed by atoms with Crippen LogP contribution < -0.4 is 0 Å². The van der Waals surface area contributed by atoms with Gasteiger partial charge in [0.05, 0.1) is 13.2 Å². The Morgan fingerprint density at radius 2 is 1.03 bits per heavy atom. The van der Waals surface area contributed by atoms with Crippen molar-refractivity contribution in [1.29, 1.82) is 0 Å². The smallest absolute Gasteiger partial charge is 0.111 e. The summed E-state index contributed by atoms with van der Waals surface area (Å²) < 4.78 is 10.9. The van der Waals surface area contributed by atoms with Gasteiger partial charge < -0.3 is 24.8 Å². The minimum atomic E-state index is -1.15. The highest BCUT2D eigenvalue weighted by molar-refractivity contribution is 4.86. The van der Waals surface area contributed by atoms with E-state index in [1.54, 1.807) is 0 Å². The molecule has 0 amide bonds. The number of unbranched alkanes of at least 4 members (excludes halogenated alkanes) is 17. The summed E-state index contributed by atoms with van der Waals surface area (Å²) in [6, 6.07) is 0. The van der Waals surface area contributed by atoms with Crippen molar-refractivity contribution in [1.82, 2.24) is 0 Å². The highest BCUT2D eigenvalue weighted by Crippen LogP contribution is 2.17. The minimum Gasteiger partial charge on any atom is -0.388 e. The van der Waals surface area contributed by atoms with Crippen LogP contribution in [0.15, 0.2) is 0 Å². The van der Waals surface area contributed by atoms with E-state index in [1.807, 2.05) is 0 Å². The largest absolute Gasteiger partial charge is 0.388 e. The molecule has 1 aliphatic rings. The highest BCUT2D eigenvalue weighted by Gasteiger charge is 2.37.